The van der Waals surface area contributed by atoms with Crippen LogP contribution in [0.25, 0.3) is 0 Å². The molecule has 1 aliphatic rings. The van der Waals surface area contributed by atoms with E-state index >= 15 is 0 Å². The Hall–Kier alpha value is -3.22. The van der Waals surface area contributed by atoms with Gasteiger partial charge in [0.25, 0.3) is 0 Å². The van der Waals surface area contributed by atoms with Gasteiger partial charge in [-0.2, -0.15) is 0 Å². The van der Waals surface area contributed by atoms with E-state index < -0.39 is 0 Å². The van der Waals surface area contributed by atoms with E-state index in [0.29, 0.717) is 30.3 Å². The van der Waals surface area contributed by atoms with Crippen molar-refractivity contribution in [2.24, 2.45) is 0 Å². The van der Waals surface area contributed by atoms with E-state index in [-0.39, 0.29) is 18.1 Å². The molecule has 0 spiro atoms. The maximum atomic E-state index is 10.1. The Morgan fingerprint density at radius 3 is 2.21 bits per heavy atom. The van der Waals surface area contributed by atoms with Gasteiger partial charge in [-0.25, -0.2) is 0 Å². The summed E-state index contributed by atoms with van der Waals surface area (Å²) in [5.41, 5.74) is 7.34. The van der Waals surface area contributed by atoms with Crippen molar-refractivity contribution in [3.63, 3.8) is 0 Å². The number of nitrogens with zero attached hydrogens (tertiary/aromatic N) is 2. The number of benzene rings is 3. The Bertz CT molecular complexity index is 1250. The molecule has 0 saturated carbocycles. The molecule has 4 rings (SSSR count). The van der Waals surface area contributed by atoms with E-state index in [1.165, 1.54) is 27.8 Å². The quantitative estimate of drug-likeness (QED) is 0.337. The van der Waals surface area contributed by atoms with Crippen LogP contribution in [0.5, 0.6) is 17.2 Å². The zero-order chi connectivity index (χ0) is 28.2. The third-order valence-corrected chi connectivity index (χ3v) is 8.35. The van der Waals surface area contributed by atoms with Crippen LogP contribution in [0.4, 0.5) is 5.69 Å². The number of ether oxygens (including phenoxy) is 2. The second-order valence-electron chi connectivity index (χ2n) is 11.5. The lowest BCUT2D eigenvalue weighted by atomic mass is 9.79. The highest BCUT2D eigenvalue weighted by Crippen LogP contribution is 2.43. The number of aliphatic hydroxyl groups excluding tert-OH is 1. The number of fused-ring (bicyclic) bond motifs is 1. The maximum Gasteiger partial charge on any atom is 0.162 e. The minimum Gasteiger partial charge on any atom is -0.508 e. The minimum absolute atomic E-state index is 0.0513. The molecule has 0 radical (unpaired) electrons. The number of anilines is 1. The lowest BCUT2D eigenvalue weighted by Crippen LogP contribution is -2.40. The average Bonchev–Trinajstić information content (AvgIpc) is 2.92. The fourth-order valence-electron chi connectivity index (χ4n) is 5.54. The van der Waals surface area contributed by atoms with Gasteiger partial charge < -0.3 is 29.5 Å². The predicted octanol–water partition coefficient (Wildman–Crippen LogP) is 5.56. The van der Waals surface area contributed by atoms with Gasteiger partial charge in [0.15, 0.2) is 11.5 Å². The fourth-order valence-corrected chi connectivity index (χ4v) is 5.54. The van der Waals surface area contributed by atoms with Gasteiger partial charge in [-0.1, -0.05) is 30.3 Å². The van der Waals surface area contributed by atoms with Crippen LogP contribution in [0.15, 0.2) is 54.6 Å². The lowest BCUT2D eigenvalue weighted by Gasteiger charge is -2.33. The smallest absolute Gasteiger partial charge is 0.162 e. The minimum atomic E-state index is 0.0513. The average molecular weight is 533 g/mol. The van der Waals surface area contributed by atoms with Gasteiger partial charge >= 0.3 is 0 Å². The van der Waals surface area contributed by atoms with Crippen LogP contribution < -0.4 is 14.4 Å². The second-order valence-corrected chi connectivity index (χ2v) is 11.5. The summed E-state index contributed by atoms with van der Waals surface area (Å²) >= 11 is 0. The molecule has 6 nitrogen and oxygen atoms in total. The number of aryl methyl sites for hydroxylation is 1. The van der Waals surface area contributed by atoms with Crippen molar-refractivity contribution in [2.45, 2.75) is 57.5 Å². The highest BCUT2D eigenvalue weighted by atomic mass is 16.5. The van der Waals surface area contributed by atoms with Gasteiger partial charge in [0.1, 0.15) is 5.75 Å². The summed E-state index contributed by atoms with van der Waals surface area (Å²) in [6, 6.07) is 18.7. The summed E-state index contributed by atoms with van der Waals surface area (Å²) in [5, 5.41) is 20.0. The molecule has 0 bridgehead atoms. The number of hydrogen-bond acceptors (Lipinski definition) is 6. The molecule has 210 valence electrons. The summed E-state index contributed by atoms with van der Waals surface area (Å²) in [6.07, 6.45) is 3.75. The van der Waals surface area contributed by atoms with Crippen molar-refractivity contribution < 1.29 is 19.7 Å². The third-order valence-electron chi connectivity index (χ3n) is 8.35. The van der Waals surface area contributed by atoms with Crippen molar-refractivity contribution in [3.05, 3.63) is 82.4 Å². The van der Waals surface area contributed by atoms with Crippen LogP contribution in [0.3, 0.4) is 0 Å². The normalized spacial score (nSPS) is 15.2. The Kier molecular flexibility index (Phi) is 9.08. The van der Waals surface area contributed by atoms with E-state index in [1.807, 2.05) is 12.1 Å². The second kappa shape index (κ2) is 12.3. The number of methoxy groups -OCH3 is 2. The molecule has 0 aliphatic heterocycles. The number of likely N-dealkylation sites (N-methyl/N-ethyl adjacent to an activating group) is 1. The van der Waals surface area contributed by atoms with Gasteiger partial charge in [0.2, 0.25) is 0 Å². The molecule has 0 aromatic heterocycles. The van der Waals surface area contributed by atoms with Gasteiger partial charge in [0, 0.05) is 30.4 Å². The molecular formula is C33H44N2O4. The molecule has 0 heterocycles. The van der Waals surface area contributed by atoms with Gasteiger partial charge in [-0.15, -0.1) is 0 Å². The highest BCUT2D eigenvalue weighted by molar-refractivity contribution is 5.64. The van der Waals surface area contributed by atoms with Crippen LogP contribution in [0.2, 0.25) is 0 Å². The molecule has 3 aromatic rings. The van der Waals surface area contributed by atoms with Gasteiger partial charge in [0.05, 0.1) is 20.8 Å². The molecule has 6 heteroatoms. The highest BCUT2D eigenvalue weighted by Gasteiger charge is 2.27. The monoisotopic (exact) mass is 532 g/mol. The number of phenols is 1. The Morgan fingerprint density at radius 2 is 1.56 bits per heavy atom. The first-order valence-corrected chi connectivity index (χ1v) is 13.8. The first-order chi connectivity index (χ1) is 18.6. The first-order valence-electron chi connectivity index (χ1n) is 13.8. The number of rotatable bonds is 11. The zero-order valence-corrected chi connectivity index (χ0v) is 24.3. The summed E-state index contributed by atoms with van der Waals surface area (Å²) in [4.78, 5) is 4.51. The zero-order valence-electron chi connectivity index (χ0n) is 24.3. The molecule has 0 saturated heterocycles. The van der Waals surface area contributed by atoms with Crippen molar-refractivity contribution in [1.29, 1.82) is 0 Å². The van der Waals surface area contributed by atoms with E-state index in [4.69, 9.17) is 9.47 Å². The predicted molar refractivity (Wildman–Crippen MR) is 158 cm³/mol. The molecule has 2 N–H and O–H groups in total. The van der Waals surface area contributed by atoms with Crippen LogP contribution in [0.1, 0.15) is 54.0 Å². The summed E-state index contributed by atoms with van der Waals surface area (Å²) in [6.45, 7) is 5.76. The SMILES string of the molecule is COc1cc([C@@H]2CCc3cc(O)ccc3C2)c(N(CCO)Cc2ccc(CC(C)(C)N(C)C)cc2)cc1OC. The third kappa shape index (κ3) is 6.68. The molecule has 39 heavy (non-hydrogen) atoms. The van der Waals surface area contributed by atoms with E-state index in [1.54, 1.807) is 20.3 Å². The van der Waals surface area contributed by atoms with E-state index in [2.05, 4.69) is 74.1 Å². The molecular weight excluding hydrogens is 488 g/mol. The van der Waals surface area contributed by atoms with E-state index in [9.17, 15) is 10.2 Å². The molecule has 1 atom stereocenters. The van der Waals surface area contributed by atoms with Crippen LogP contribution in [-0.2, 0) is 25.8 Å². The van der Waals surface area contributed by atoms with Crippen LogP contribution >= 0.6 is 0 Å². The van der Waals surface area contributed by atoms with Crippen LogP contribution in [-0.4, -0.2) is 62.1 Å². The molecule has 0 unspecified atom stereocenters. The summed E-state index contributed by atoms with van der Waals surface area (Å²) in [7, 11) is 7.58. The number of aromatic hydroxyl groups is 1. The standard InChI is InChI=1S/C33H44N2O4/c1-33(2,34(3)4)21-23-7-9-24(10-8-23)22-35(15-16-36)30-20-32(39-6)31(38-5)19-29(30)27-12-11-26-18-28(37)14-13-25(26)17-27/h7-10,13-14,18-20,27,36-37H,11-12,15-17,21-22H2,1-6H3/t27-/m1/s1. The van der Waals surface area contributed by atoms with E-state index in [0.717, 1.165) is 31.4 Å². The topological polar surface area (TPSA) is 65.4 Å². The lowest BCUT2D eigenvalue weighted by molar-refractivity contribution is 0.195. The fraction of sp³-hybridized carbons (Fsp3) is 0.455. The van der Waals surface area contributed by atoms with Crippen molar-refractivity contribution in [2.75, 3.05) is 46.4 Å². The number of aliphatic hydroxyl groups is 1. The maximum absolute atomic E-state index is 10.1. The molecule has 0 fully saturated rings. The Labute approximate surface area is 233 Å². The molecule has 0 amide bonds. The van der Waals surface area contributed by atoms with Gasteiger partial charge in [-0.3, -0.25) is 0 Å². The summed E-state index contributed by atoms with van der Waals surface area (Å²) in [5.74, 6) is 2.00. The Morgan fingerprint density at radius 1 is 0.897 bits per heavy atom. The van der Waals surface area contributed by atoms with Crippen molar-refractivity contribution in [3.8, 4) is 17.2 Å². The van der Waals surface area contributed by atoms with Crippen molar-refractivity contribution >= 4 is 5.69 Å². The number of phenolic OH excluding ortho intramolecular Hbond substituents is 1. The summed E-state index contributed by atoms with van der Waals surface area (Å²) < 4.78 is 11.4. The Balaban J connectivity index is 1.66. The van der Waals surface area contributed by atoms with Crippen molar-refractivity contribution in [1.82, 2.24) is 4.90 Å². The first kappa shape index (κ1) is 28.8. The largest absolute Gasteiger partial charge is 0.508 e. The number of hydrogen-bond donors (Lipinski definition) is 2. The molecule has 3 aromatic carbocycles. The van der Waals surface area contributed by atoms with Gasteiger partial charge in [-0.05, 0) is 106 Å². The molecule has 1 aliphatic carbocycles. The van der Waals surface area contributed by atoms with Crippen LogP contribution in [0, 0.1) is 0 Å².